The Balaban J connectivity index is 1.83. The molecule has 5 heteroatoms. The second-order valence-electron chi connectivity index (χ2n) is 5.35. The van der Waals surface area contributed by atoms with Crippen molar-refractivity contribution in [3.63, 3.8) is 0 Å². The summed E-state index contributed by atoms with van der Waals surface area (Å²) in [5, 5.41) is 6.77. The van der Waals surface area contributed by atoms with E-state index in [-0.39, 0.29) is 12.1 Å². The van der Waals surface area contributed by atoms with Crippen LogP contribution in [0.15, 0.2) is 24.3 Å². The zero-order valence-electron chi connectivity index (χ0n) is 10.9. The quantitative estimate of drug-likeness (QED) is 0.752. The minimum Gasteiger partial charge on any atom is -0.381 e. The number of carbonyl (C=O) groups is 1. The molecule has 0 aromatic heterocycles. The molecule has 2 unspecified atom stereocenters. The second-order valence-corrected chi connectivity index (χ2v) is 5.35. The van der Waals surface area contributed by atoms with Gasteiger partial charge in [-0.3, -0.25) is 4.90 Å². The lowest BCUT2D eigenvalue weighted by Gasteiger charge is -2.37. The first kappa shape index (κ1) is 12.3. The lowest BCUT2D eigenvalue weighted by Crippen LogP contribution is -2.50. The van der Waals surface area contributed by atoms with Gasteiger partial charge in [-0.25, -0.2) is 4.79 Å². The van der Waals surface area contributed by atoms with Crippen LogP contribution >= 0.6 is 0 Å². The molecular weight excluding hydrogens is 240 g/mol. The molecule has 2 atom stereocenters. The Labute approximate surface area is 113 Å². The van der Waals surface area contributed by atoms with Gasteiger partial charge in [-0.1, -0.05) is 12.1 Å². The van der Waals surface area contributed by atoms with Crippen LogP contribution in [-0.4, -0.2) is 31.7 Å². The predicted molar refractivity (Wildman–Crippen MR) is 76.4 cm³/mol. The molecule has 19 heavy (non-hydrogen) atoms. The molecule has 2 amide bonds. The summed E-state index contributed by atoms with van der Waals surface area (Å²) in [7, 11) is 0. The molecule has 1 aromatic rings. The number of hydrogen-bond donors (Lipinski definition) is 3. The highest BCUT2D eigenvalue weighted by atomic mass is 16.2. The molecule has 0 saturated carbocycles. The first-order valence-corrected chi connectivity index (χ1v) is 6.88. The van der Waals surface area contributed by atoms with Crippen LogP contribution in [0.25, 0.3) is 0 Å². The van der Waals surface area contributed by atoms with Crippen molar-refractivity contribution in [1.82, 2.24) is 5.32 Å². The average Bonchev–Trinajstić information content (AvgIpc) is 2.91. The van der Waals surface area contributed by atoms with E-state index in [4.69, 9.17) is 5.73 Å². The molecule has 4 N–H and O–H groups in total. The standard InChI is InChI=1S/C14H20N4O/c15-14(19)18-11(7-10-5-6-16-8-10)9-17-12-3-1-2-4-13(12)18/h1-4,10-11,16-17H,5-9H2,(H2,15,19). The number of nitrogens with one attached hydrogen (secondary N) is 2. The normalized spacial score (nSPS) is 25.8. The lowest BCUT2D eigenvalue weighted by molar-refractivity contribution is 0.250. The number of hydrogen-bond acceptors (Lipinski definition) is 3. The summed E-state index contributed by atoms with van der Waals surface area (Å²) in [6, 6.07) is 7.63. The Kier molecular flexibility index (Phi) is 3.29. The van der Waals surface area contributed by atoms with Crippen LogP contribution in [-0.2, 0) is 0 Å². The zero-order valence-corrected chi connectivity index (χ0v) is 10.9. The molecular formula is C14H20N4O. The number of anilines is 2. The van der Waals surface area contributed by atoms with Gasteiger partial charge in [-0.2, -0.15) is 0 Å². The van der Waals surface area contributed by atoms with Crippen molar-refractivity contribution in [1.29, 1.82) is 0 Å². The molecule has 0 spiro atoms. The van der Waals surface area contributed by atoms with Gasteiger partial charge in [0.2, 0.25) is 0 Å². The monoisotopic (exact) mass is 260 g/mol. The van der Waals surface area contributed by atoms with Crippen LogP contribution < -0.4 is 21.3 Å². The minimum atomic E-state index is -0.357. The molecule has 3 rings (SSSR count). The molecule has 0 bridgehead atoms. The molecule has 1 saturated heterocycles. The van der Waals surface area contributed by atoms with Crippen molar-refractivity contribution >= 4 is 17.4 Å². The van der Waals surface area contributed by atoms with Gasteiger partial charge in [-0.15, -0.1) is 0 Å². The molecule has 2 heterocycles. The van der Waals surface area contributed by atoms with E-state index in [9.17, 15) is 4.79 Å². The third-order valence-electron chi connectivity index (χ3n) is 4.06. The Hall–Kier alpha value is -1.75. The van der Waals surface area contributed by atoms with Gasteiger partial charge in [0.1, 0.15) is 0 Å². The maximum absolute atomic E-state index is 11.8. The predicted octanol–water partition coefficient (Wildman–Crippen LogP) is 1.37. The topological polar surface area (TPSA) is 70.4 Å². The summed E-state index contributed by atoms with van der Waals surface area (Å²) in [6.07, 6.45) is 2.18. The van der Waals surface area contributed by atoms with Crippen molar-refractivity contribution in [2.45, 2.75) is 18.9 Å². The van der Waals surface area contributed by atoms with E-state index in [2.05, 4.69) is 10.6 Å². The van der Waals surface area contributed by atoms with Gasteiger partial charge in [0.15, 0.2) is 0 Å². The summed E-state index contributed by atoms with van der Waals surface area (Å²) in [4.78, 5) is 13.6. The maximum Gasteiger partial charge on any atom is 0.319 e. The fourth-order valence-electron chi connectivity index (χ4n) is 3.14. The summed E-state index contributed by atoms with van der Waals surface area (Å²) in [6.45, 7) is 2.90. The Morgan fingerprint density at radius 3 is 2.95 bits per heavy atom. The SMILES string of the molecule is NC(=O)N1c2ccccc2NCC1CC1CCNC1. The number of primary amides is 1. The number of urea groups is 1. The number of amides is 2. The highest BCUT2D eigenvalue weighted by molar-refractivity contribution is 5.96. The summed E-state index contributed by atoms with van der Waals surface area (Å²) >= 11 is 0. The fraction of sp³-hybridized carbons (Fsp3) is 0.500. The number of carbonyl (C=O) groups excluding carboxylic acids is 1. The molecule has 2 aliphatic rings. The van der Waals surface area contributed by atoms with Crippen LogP contribution in [0.2, 0.25) is 0 Å². The van der Waals surface area contributed by atoms with Gasteiger partial charge in [0.05, 0.1) is 17.4 Å². The highest BCUT2D eigenvalue weighted by Gasteiger charge is 2.31. The summed E-state index contributed by atoms with van der Waals surface area (Å²) in [5.41, 5.74) is 7.48. The summed E-state index contributed by atoms with van der Waals surface area (Å²) < 4.78 is 0. The van der Waals surface area contributed by atoms with Crippen LogP contribution in [0.1, 0.15) is 12.8 Å². The highest BCUT2D eigenvalue weighted by Crippen LogP contribution is 2.33. The van der Waals surface area contributed by atoms with Gasteiger partial charge in [0, 0.05) is 6.54 Å². The van der Waals surface area contributed by atoms with E-state index in [1.807, 2.05) is 24.3 Å². The van der Waals surface area contributed by atoms with Crippen LogP contribution in [0.5, 0.6) is 0 Å². The third-order valence-corrected chi connectivity index (χ3v) is 4.06. The lowest BCUT2D eigenvalue weighted by atomic mass is 9.96. The van der Waals surface area contributed by atoms with Crippen LogP contribution in [0.4, 0.5) is 16.2 Å². The number of fused-ring (bicyclic) bond motifs is 1. The number of nitrogens with zero attached hydrogens (tertiary/aromatic N) is 1. The zero-order chi connectivity index (χ0) is 13.2. The Morgan fingerprint density at radius 1 is 1.37 bits per heavy atom. The minimum absolute atomic E-state index is 0.150. The molecule has 1 aromatic carbocycles. The van der Waals surface area contributed by atoms with E-state index >= 15 is 0 Å². The van der Waals surface area contributed by atoms with Gasteiger partial charge in [-0.05, 0) is 44.0 Å². The number of para-hydroxylation sites is 2. The van der Waals surface area contributed by atoms with Crippen molar-refractivity contribution < 1.29 is 4.79 Å². The molecule has 0 radical (unpaired) electrons. The average molecular weight is 260 g/mol. The summed E-state index contributed by atoms with van der Waals surface area (Å²) in [5.74, 6) is 0.638. The van der Waals surface area contributed by atoms with E-state index in [1.165, 1.54) is 6.42 Å². The van der Waals surface area contributed by atoms with Gasteiger partial charge >= 0.3 is 6.03 Å². The van der Waals surface area contributed by atoms with Gasteiger partial charge in [0.25, 0.3) is 0 Å². The molecule has 1 fully saturated rings. The number of rotatable bonds is 2. The van der Waals surface area contributed by atoms with Crippen molar-refractivity contribution in [2.75, 3.05) is 29.9 Å². The van der Waals surface area contributed by atoms with Gasteiger partial charge < -0.3 is 16.4 Å². The molecule has 0 aliphatic carbocycles. The fourth-order valence-corrected chi connectivity index (χ4v) is 3.14. The Morgan fingerprint density at radius 2 is 2.21 bits per heavy atom. The van der Waals surface area contributed by atoms with E-state index in [0.717, 1.165) is 37.4 Å². The smallest absolute Gasteiger partial charge is 0.319 e. The van der Waals surface area contributed by atoms with Crippen LogP contribution in [0, 0.1) is 5.92 Å². The van der Waals surface area contributed by atoms with E-state index in [0.29, 0.717) is 5.92 Å². The van der Waals surface area contributed by atoms with E-state index < -0.39 is 0 Å². The third kappa shape index (κ3) is 2.38. The number of nitrogens with two attached hydrogens (primary N) is 1. The molecule has 5 nitrogen and oxygen atoms in total. The van der Waals surface area contributed by atoms with Crippen molar-refractivity contribution in [3.05, 3.63) is 24.3 Å². The van der Waals surface area contributed by atoms with Crippen LogP contribution in [0.3, 0.4) is 0 Å². The number of benzene rings is 1. The first-order valence-electron chi connectivity index (χ1n) is 6.88. The van der Waals surface area contributed by atoms with Crippen molar-refractivity contribution in [3.8, 4) is 0 Å². The second kappa shape index (κ2) is 5.09. The Bertz CT molecular complexity index is 470. The van der Waals surface area contributed by atoms with Crippen molar-refractivity contribution in [2.24, 2.45) is 11.7 Å². The largest absolute Gasteiger partial charge is 0.381 e. The first-order chi connectivity index (χ1) is 9.25. The molecule has 2 aliphatic heterocycles. The molecule has 102 valence electrons. The van der Waals surface area contributed by atoms with E-state index in [1.54, 1.807) is 4.90 Å². The maximum atomic E-state index is 11.8.